The van der Waals surface area contributed by atoms with Crippen molar-refractivity contribution in [2.45, 2.75) is 39.2 Å². The van der Waals surface area contributed by atoms with E-state index in [9.17, 15) is 9.59 Å². The molecule has 2 aromatic rings. The molecule has 0 aromatic heterocycles. The van der Waals surface area contributed by atoms with Crippen LogP contribution in [-0.2, 0) is 4.74 Å². The van der Waals surface area contributed by atoms with Gasteiger partial charge in [0.25, 0.3) is 0 Å². The fraction of sp³-hybridized carbons (Fsp3) is 0.429. The van der Waals surface area contributed by atoms with Gasteiger partial charge in [0.05, 0.1) is 0 Å². The molecule has 1 saturated heterocycles. The van der Waals surface area contributed by atoms with Crippen molar-refractivity contribution in [1.29, 1.82) is 0 Å². The Hall–Kier alpha value is -2.36. The number of ether oxygens (including phenoxy) is 1. The highest BCUT2D eigenvalue weighted by molar-refractivity contribution is 6.01. The van der Waals surface area contributed by atoms with Gasteiger partial charge < -0.3 is 9.64 Å². The second-order valence-electron chi connectivity index (χ2n) is 7.69. The predicted molar refractivity (Wildman–Crippen MR) is 98.8 cm³/mol. The number of hydrogen-bond acceptors (Lipinski definition) is 3. The third-order valence-corrected chi connectivity index (χ3v) is 4.48. The van der Waals surface area contributed by atoms with Crippen LogP contribution in [0, 0.1) is 5.92 Å². The van der Waals surface area contributed by atoms with Gasteiger partial charge in [-0.2, -0.15) is 0 Å². The molecule has 0 saturated carbocycles. The second kappa shape index (κ2) is 6.87. The lowest BCUT2D eigenvalue weighted by atomic mass is 9.89. The number of likely N-dealkylation sites (tertiary alicyclic amines) is 1. The number of fused-ring (bicyclic) bond motifs is 1. The fourth-order valence-corrected chi connectivity index (χ4v) is 3.26. The van der Waals surface area contributed by atoms with Crippen LogP contribution in [0.3, 0.4) is 0 Å². The van der Waals surface area contributed by atoms with E-state index in [1.165, 1.54) is 0 Å². The van der Waals surface area contributed by atoms with Gasteiger partial charge in [-0.1, -0.05) is 36.4 Å². The Morgan fingerprint density at radius 1 is 1.08 bits per heavy atom. The highest BCUT2D eigenvalue weighted by Gasteiger charge is 2.31. The molecule has 0 radical (unpaired) electrons. The SMILES string of the molecule is CC(C)(C)OC(=O)N1CCCC(C(=O)c2ccc3ccccc3c2)C1. The Labute approximate surface area is 148 Å². The molecule has 4 heteroatoms. The van der Waals surface area contributed by atoms with Crippen LogP contribution in [0.15, 0.2) is 42.5 Å². The molecule has 0 spiro atoms. The minimum Gasteiger partial charge on any atom is -0.444 e. The maximum absolute atomic E-state index is 12.9. The number of rotatable bonds is 2. The largest absolute Gasteiger partial charge is 0.444 e. The summed E-state index contributed by atoms with van der Waals surface area (Å²) < 4.78 is 5.44. The molecule has 0 aliphatic carbocycles. The zero-order chi connectivity index (χ0) is 18.0. The van der Waals surface area contributed by atoms with E-state index < -0.39 is 5.60 Å². The smallest absolute Gasteiger partial charge is 0.410 e. The van der Waals surface area contributed by atoms with Crippen LogP contribution in [0.25, 0.3) is 10.8 Å². The molecule has 132 valence electrons. The van der Waals surface area contributed by atoms with Crippen molar-refractivity contribution in [2.24, 2.45) is 5.92 Å². The first-order valence-electron chi connectivity index (χ1n) is 8.84. The van der Waals surface area contributed by atoms with E-state index in [-0.39, 0.29) is 17.8 Å². The van der Waals surface area contributed by atoms with E-state index in [2.05, 4.69) is 0 Å². The van der Waals surface area contributed by atoms with Crippen LogP contribution in [0.2, 0.25) is 0 Å². The minimum atomic E-state index is -0.521. The van der Waals surface area contributed by atoms with Crippen LogP contribution >= 0.6 is 0 Å². The van der Waals surface area contributed by atoms with Crippen molar-refractivity contribution in [2.75, 3.05) is 13.1 Å². The standard InChI is InChI=1S/C21H25NO3/c1-21(2,3)25-20(24)22-12-6-9-18(14-22)19(23)17-11-10-15-7-4-5-8-16(15)13-17/h4-5,7-8,10-11,13,18H,6,9,12,14H2,1-3H3. The molecule has 2 aromatic carbocycles. The average Bonchev–Trinajstić information content (AvgIpc) is 2.59. The van der Waals surface area contributed by atoms with Gasteiger partial charge in [-0.05, 0) is 50.5 Å². The number of nitrogens with zero attached hydrogens (tertiary/aromatic N) is 1. The number of carbonyl (C=O) groups is 2. The van der Waals surface area contributed by atoms with Crippen molar-refractivity contribution in [1.82, 2.24) is 4.90 Å². The van der Waals surface area contributed by atoms with E-state index in [1.807, 2.05) is 63.2 Å². The summed E-state index contributed by atoms with van der Waals surface area (Å²) in [5.41, 5.74) is 0.196. The van der Waals surface area contributed by atoms with E-state index in [1.54, 1.807) is 4.90 Å². The van der Waals surface area contributed by atoms with Gasteiger partial charge in [0, 0.05) is 24.6 Å². The summed E-state index contributed by atoms with van der Waals surface area (Å²) in [6.45, 7) is 6.64. The molecule has 1 fully saturated rings. The van der Waals surface area contributed by atoms with E-state index >= 15 is 0 Å². The Morgan fingerprint density at radius 3 is 2.52 bits per heavy atom. The highest BCUT2D eigenvalue weighted by Crippen LogP contribution is 2.24. The second-order valence-corrected chi connectivity index (χ2v) is 7.69. The Morgan fingerprint density at radius 2 is 1.80 bits per heavy atom. The summed E-state index contributed by atoms with van der Waals surface area (Å²) >= 11 is 0. The summed E-state index contributed by atoms with van der Waals surface area (Å²) in [5, 5.41) is 2.19. The Bertz CT molecular complexity index is 791. The summed E-state index contributed by atoms with van der Waals surface area (Å²) in [6.07, 6.45) is 1.30. The van der Waals surface area contributed by atoms with Gasteiger partial charge in [0.15, 0.2) is 5.78 Å². The first-order valence-corrected chi connectivity index (χ1v) is 8.84. The van der Waals surface area contributed by atoms with Gasteiger partial charge >= 0.3 is 6.09 Å². The van der Waals surface area contributed by atoms with Gasteiger partial charge in [-0.15, -0.1) is 0 Å². The number of Topliss-reactive ketones (excluding diaryl/α,β-unsaturated/α-hetero) is 1. The number of amides is 1. The van der Waals surface area contributed by atoms with Crippen LogP contribution in [0.4, 0.5) is 4.79 Å². The number of carbonyl (C=O) groups excluding carboxylic acids is 2. The maximum atomic E-state index is 12.9. The minimum absolute atomic E-state index is 0.110. The number of piperidine rings is 1. The Balaban J connectivity index is 1.73. The zero-order valence-electron chi connectivity index (χ0n) is 15.1. The molecule has 1 aliphatic rings. The number of hydrogen-bond donors (Lipinski definition) is 0. The van der Waals surface area contributed by atoms with Gasteiger partial charge in [-0.25, -0.2) is 4.79 Å². The molecule has 4 nitrogen and oxygen atoms in total. The lowest BCUT2D eigenvalue weighted by molar-refractivity contribution is 0.0172. The molecule has 3 rings (SSSR count). The van der Waals surface area contributed by atoms with Gasteiger partial charge in [-0.3, -0.25) is 4.79 Å². The van der Waals surface area contributed by atoms with E-state index in [0.717, 1.165) is 29.2 Å². The first-order chi connectivity index (χ1) is 11.8. The number of benzene rings is 2. The van der Waals surface area contributed by atoms with E-state index in [4.69, 9.17) is 4.74 Å². The molecule has 1 amide bonds. The maximum Gasteiger partial charge on any atom is 0.410 e. The van der Waals surface area contributed by atoms with E-state index in [0.29, 0.717) is 13.1 Å². The fourth-order valence-electron chi connectivity index (χ4n) is 3.26. The molecule has 0 N–H and O–H groups in total. The molecular weight excluding hydrogens is 314 g/mol. The van der Waals surface area contributed by atoms with Crippen LogP contribution < -0.4 is 0 Å². The summed E-state index contributed by atoms with van der Waals surface area (Å²) in [5.74, 6) is -0.0542. The Kier molecular flexibility index (Phi) is 4.80. The van der Waals surface area contributed by atoms with Gasteiger partial charge in [0.1, 0.15) is 5.60 Å². The molecule has 1 unspecified atom stereocenters. The summed E-state index contributed by atoms with van der Waals surface area (Å²) in [6, 6.07) is 13.8. The van der Waals surface area contributed by atoms with Crippen molar-refractivity contribution in [3.05, 3.63) is 48.0 Å². The molecule has 25 heavy (non-hydrogen) atoms. The topological polar surface area (TPSA) is 46.6 Å². The summed E-state index contributed by atoms with van der Waals surface area (Å²) in [4.78, 5) is 26.9. The third-order valence-electron chi connectivity index (χ3n) is 4.48. The van der Waals surface area contributed by atoms with Crippen molar-refractivity contribution in [3.8, 4) is 0 Å². The molecule has 0 bridgehead atoms. The molecular formula is C21H25NO3. The average molecular weight is 339 g/mol. The normalized spacial score (nSPS) is 18.2. The van der Waals surface area contributed by atoms with Crippen LogP contribution in [-0.4, -0.2) is 35.5 Å². The predicted octanol–water partition coefficient (Wildman–Crippen LogP) is 4.67. The lowest BCUT2D eigenvalue weighted by Gasteiger charge is -2.33. The lowest BCUT2D eigenvalue weighted by Crippen LogP contribution is -2.44. The summed E-state index contributed by atoms with van der Waals surface area (Å²) in [7, 11) is 0. The van der Waals surface area contributed by atoms with Crippen molar-refractivity contribution < 1.29 is 14.3 Å². The van der Waals surface area contributed by atoms with Crippen molar-refractivity contribution in [3.63, 3.8) is 0 Å². The number of ketones is 1. The molecule has 1 heterocycles. The first kappa shape index (κ1) is 17.5. The highest BCUT2D eigenvalue weighted by atomic mass is 16.6. The molecule has 1 atom stereocenters. The van der Waals surface area contributed by atoms with Crippen LogP contribution in [0.1, 0.15) is 44.0 Å². The quantitative estimate of drug-likeness (QED) is 0.747. The third kappa shape index (κ3) is 4.19. The zero-order valence-corrected chi connectivity index (χ0v) is 15.1. The molecule has 1 aliphatic heterocycles. The van der Waals surface area contributed by atoms with Crippen LogP contribution in [0.5, 0.6) is 0 Å². The monoisotopic (exact) mass is 339 g/mol. The van der Waals surface area contributed by atoms with Gasteiger partial charge in [0.2, 0.25) is 0 Å². The van der Waals surface area contributed by atoms with Crippen molar-refractivity contribution >= 4 is 22.6 Å².